The minimum atomic E-state index is -4.39. The van der Waals surface area contributed by atoms with Gasteiger partial charge in [0.15, 0.2) is 0 Å². The lowest BCUT2D eigenvalue weighted by molar-refractivity contribution is -0.137. The Labute approximate surface area is 120 Å². The average molecular weight is 287 g/mol. The minimum absolute atomic E-state index is 0.153. The van der Waals surface area contributed by atoms with E-state index in [-0.39, 0.29) is 5.56 Å². The van der Waals surface area contributed by atoms with Gasteiger partial charge >= 0.3 is 6.18 Å². The van der Waals surface area contributed by atoms with E-state index in [0.717, 1.165) is 24.5 Å². The lowest BCUT2D eigenvalue weighted by Gasteiger charge is -2.14. The summed E-state index contributed by atoms with van der Waals surface area (Å²) in [4.78, 5) is 0. The Morgan fingerprint density at radius 2 is 1.71 bits per heavy atom. The molecule has 0 bridgehead atoms. The molecule has 0 spiro atoms. The molecule has 0 amide bonds. The maximum atomic E-state index is 13.1. The van der Waals surface area contributed by atoms with Gasteiger partial charge in [0.1, 0.15) is 0 Å². The second-order valence-corrected chi connectivity index (χ2v) is 5.32. The first-order chi connectivity index (χ1) is 9.96. The van der Waals surface area contributed by atoms with Crippen molar-refractivity contribution in [3.8, 4) is 17.2 Å². The molecule has 106 valence electrons. The zero-order valence-electron chi connectivity index (χ0n) is 11.1. The first-order valence-electron chi connectivity index (χ1n) is 6.65. The van der Waals surface area contributed by atoms with Crippen molar-refractivity contribution in [2.24, 2.45) is 0 Å². The van der Waals surface area contributed by atoms with E-state index in [1.165, 1.54) is 12.1 Å². The van der Waals surface area contributed by atoms with Crippen molar-refractivity contribution >= 4 is 0 Å². The molecule has 2 aromatic carbocycles. The molecule has 0 atom stereocenters. The number of hydrogen-bond acceptors (Lipinski definition) is 1. The van der Waals surface area contributed by atoms with Crippen LogP contribution in [-0.4, -0.2) is 0 Å². The van der Waals surface area contributed by atoms with E-state index in [4.69, 9.17) is 0 Å². The molecule has 0 saturated heterocycles. The third kappa shape index (κ3) is 2.40. The van der Waals surface area contributed by atoms with Crippen molar-refractivity contribution in [2.45, 2.75) is 24.4 Å². The zero-order valence-corrected chi connectivity index (χ0v) is 11.1. The molecule has 4 heteroatoms. The summed E-state index contributed by atoms with van der Waals surface area (Å²) >= 11 is 0. The van der Waals surface area contributed by atoms with Gasteiger partial charge in [0.25, 0.3) is 0 Å². The standard InChI is InChI=1S/C17H12F3N/c18-17(19,20)15-7-2-1-6-14(15)12-4-3-5-13(10-12)16(11-21)8-9-16/h1-7,10H,8-9H2. The van der Waals surface area contributed by atoms with Crippen LogP contribution in [0.2, 0.25) is 0 Å². The molecule has 0 N–H and O–H groups in total. The molecule has 1 aliphatic rings. The summed E-state index contributed by atoms with van der Waals surface area (Å²) < 4.78 is 39.3. The van der Waals surface area contributed by atoms with E-state index in [0.29, 0.717) is 5.56 Å². The topological polar surface area (TPSA) is 23.8 Å². The predicted molar refractivity (Wildman–Crippen MR) is 73.4 cm³/mol. The number of benzene rings is 2. The van der Waals surface area contributed by atoms with Gasteiger partial charge in [0.05, 0.1) is 17.0 Å². The Balaban J connectivity index is 2.11. The highest BCUT2D eigenvalue weighted by atomic mass is 19.4. The van der Waals surface area contributed by atoms with Crippen LogP contribution in [0, 0.1) is 11.3 Å². The molecule has 0 heterocycles. The number of hydrogen-bond donors (Lipinski definition) is 0. The molecule has 0 radical (unpaired) electrons. The first-order valence-corrected chi connectivity index (χ1v) is 6.65. The van der Waals surface area contributed by atoms with Gasteiger partial charge in [-0.15, -0.1) is 0 Å². The van der Waals surface area contributed by atoms with Crippen molar-refractivity contribution in [3.63, 3.8) is 0 Å². The summed E-state index contributed by atoms with van der Waals surface area (Å²) in [6.45, 7) is 0. The molecule has 0 unspecified atom stereocenters. The van der Waals surface area contributed by atoms with Crippen LogP contribution in [0.25, 0.3) is 11.1 Å². The van der Waals surface area contributed by atoms with Crippen LogP contribution in [0.5, 0.6) is 0 Å². The van der Waals surface area contributed by atoms with Gasteiger partial charge in [0, 0.05) is 0 Å². The lowest BCUT2D eigenvalue weighted by atomic mass is 9.92. The summed E-state index contributed by atoms with van der Waals surface area (Å²) in [5.74, 6) is 0. The van der Waals surface area contributed by atoms with Crippen LogP contribution in [-0.2, 0) is 11.6 Å². The van der Waals surface area contributed by atoms with Crippen LogP contribution < -0.4 is 0 Å². The highest BCUT2D eigenvalue weighted by Gasteiger charge is 2.45. The Morgan fingerprint density at radius 1 is 1.00 bits per heavy atom. The summed E-state index contributed by atoms with van der Waals surface area (Å²) in [7, 11) is 0. The van der Waals surface area contributed by atoms with E-state index < -0.39 is 17.2 Å². The molecule has 21 heavy (non-hydrogen) atoms. The average Bonchev–Trinajstić information content (AvgIpc) is 3.28. The van der Waals surface area contributed by atoms with Gasteiger partial charge in [-0.05, 0) is 41.7 Å². The van der Waals surface area contributed by atoms with E-state index >= 15 is 0 Å². The van der Waals surface area contributed by atoms with Crippen LogP contribution >= 0.6 is 0 Å². The van der Waals surface area contributed by atoms with E-state index in [2.05, 4.69) is 6.07 Å². The van der Waals surface area contributed by atoms with E-state index in [9.17, 15) is 18.4 Å². The molecule has 1 saturated carbocycles. The Morgan fingerprint density at radius 3 is 2.33 bits per heavy atom. The third-order valence-corrected chi connectivity index (χ3v) is 3.92. The molecular weight excluding hydrogens is 275 g/mol. The second kappa shape index (κ2) is 4.63. The molecule has 0 aromatic heterocycles. The number of nitriles is 1. The fourth-order valence-corrected chi connectivity index (χ4v) is 2.56. The number of halogens is 3. The van der Waals surface area contributed by atoms with Gasteiger partial charge < -0.3 is 0 Å². The van der Waals surface area contributed by atoms with Crippen molar-refractivity contribution in [2.75, 3.05) is 0 Å². The molecule has 0 aliphatic heterocycles. The summed E-state index contributed by atoms with van der Waals surface area (Å²) in [6.07, 6.45) is -2.85. The highest BCUT2D eigenvalue weighted by molar-refractivity contribution is 5.69. The number of alkyl halides is 3. The smallest absolute Gasteiger partial charge is 0.197 e. The fraction of sp³-hybridized carbons (Fsp3) is 0.235. The molecule has 1 fully saturated rings. The van der Waals surface area contributed by atoms with Crippen molar-refractivity contribution in [3.05, 3.63) is 59.7 Å². The monoisotopic (exact) mass is 287 g/mol. The van der Waals surface area contributed by atoms with E-state index in [1.54, 1.807) is 24.3 Å². The zero-order chi connectivity index (χ0) is 15.1. The van der Waals surface area contributed by atoms with Crippen LogP contribution in [0.1, 0.15) is 24.0 Å². The van der Waals surface area contributed by atoms with Gasteiger partial charge in [-0.25, -0.2) is 0 Å². The van der Waals surface area contributed by atoms with E-state index in [1.807, 2.05) is 6.07 Å². The number of rotatable bonds is 2. The van der Waals surface area contributed by atoms with Gasteiger partial charge in [-0.1, -0.05) is 36.4 Å². The van der Waals surface area contributed by atoms with Gasteiger partial charge in [-0.3, -0.25) is 0 Å². The van der Waals surface area contributed by atoms with Crippen LogP contribution in [0.3, 0.4) is 0 Å². The van der Waals surface area contributed by atoms with Crippen LogP contribution in [0.4, 0.5) is 13.2 Å². The SMILES string of the molecule is N#CC1(c2cccc(-c3ccccc3C(F)(F)F)c2)CC1. The second-order valence-electron chi connectivity index (χ2n) is 5.32. The summed E-state index contributed by atoms with van der Waals surface area (Å²) in [5, 5.41) is 9.23. The predicted octanol–water partition coefficient (Wildman–Crippen LogP) is 4.93. The van der Waals surface area contributed by atoms with Crippen molar-refractivity contribution in [1.82, 2.24) is 0 Å². The first kappa shape index (κ1) is 13.7. The lowest BCUT2D eigenvalue weighted by Crippen LogP contribution is -2.07. The van der Waals surface area contributed by atoms with Crippen molar-refractivity contribution < 1.29 is 13.2 Å². The van der Waals surface area contributed by atoms with Gasteiger partial charge in [-0.2, -0.15) is 18.4 Å². The molecular formula is C17H12F3N. The van der Waals surface area contributed by atoms with Crippen LogP contribution in [0.15, 0.2) is 48.5 Å². The molecule has 2 aromatic rings. The molecule has 3 rings (SSSR count). The Kier molecular flexibility index (Phi) is 3.02. The summed E-state index contributed by atoms with van der Waals surface area (Å²) in [5.41, 5.74) is 0.314. The largest absolute Gasteiger partial charge is 0.417 e. The fourth-order valence-electron chi connectivity index (χ4n) is 2.56. The number of nitrogens with zero attached hydrogens (tertiary/aromatic N) is 1. The highest BCUT2D eigenvalue weighted by Crippen LogP contribution is 2.48. The van der Waals surface area contributed by atoms with Crippen molar-refractivity contribution in [1.29, 1.82) is 5.26 Å². The Hall–Kier alpha value is -2.28. The minimum Gasteiger partial charge on any atom is -0.197 e. The normalized spacial score (nSPS) is 16.3. The maximum absolute atomic E-state index is 13.1. The third-order valence-electron chi connectivity index (χ3n) is 3.92. The Bertz CT molecular complexity index is 721. The summed E-state index contributed by atoms with van der Waals surface area (Å²) in [6, 6.07) is 14.7. The molecule has 1 nitrogen and oxygen atoms in total. The maximum Gasteiger partial charge on any atom is 0.417 e. The van der Waals surface area contributed by atoms with Gasteiger partial charge in [0.2, 0.25) is 0 Å². The quantitative estimate of drug-likeness (QED) is 0.768. The molecule has 1 aliphatic carbocycles.